The molecule has 0 unspecified atom stereocenters. The molecule has 3 aromatic rings. The fraction of sp³-hybridized carbons (Fsp3) is 0.176. The number of phenols is 1. The van der Waals surface area contributed by atoms with Gasteiger partial charge in [-0.15, -0.1) is 0 Å². The van der Waals surface area contributed by atoms with E-state index in [0.29, 0.717) is 5.75 Å². The smallest absolute Gasteiger partial charge is 0.115 e. The molecule has 0 radical (unpaired) electrons. The number of nitrogens with one attached hydrogen (secondary N) is 2. The zero-order valence-electron chi connectivity index (χ0n) is 11.5. The van der Waals surface area contributed by atoms with Crippen molar-refractivity contribution < 1.29 is 5.11 Å². The van der Waals surface area contributed by atoms with Crippen molar-refractivity contribution in [2.45, 2.75) is 13.0 Å². The third kappa shape index (κ3) is 2.40. The number of fused-ring (bicyclic) bond motifs is 1. The topological polar surface area (TPSA) is 48.0 Å². The van der Waals surface area contributed by atoms with Gasteiger partial charge in [-0.3, -0.25) is 0 Å². The van der Waals surface area contributed by atoms with Crippen molar-refractivity contribution >= 4 is 10.9 Å². The van der Waals surface area contributed by atoms with Crippen LogP contribution in [0.15, 0.2) is 48.5 Å². The molecule has 3 heteroatoms. The average molecular weight is 266 g/mol. The van der Waals surface area contributed by atoms with E-state index in [0.717, 1.165) is 13.0 Å². The molecule has 2 aromatic carbocycles. The molecular formula is C17H18N2O. The van der Waals surface area contributed by atoms with Gasteiger partial charge < -0.3 is 15.4 Å². The standard InChI is InChI=1S/C17H18N2O/c1-18-11-17-15(10-12-6-8-13(20)9-7-12)14-4-2-3-5-16(14)19-17/h2-9,18-20H,10-11H2,1H3. The molecular weight excluding hydrogens is 248 g/mol. The Bertz CT molecular complexity index is 713. The number of hydrogen-bond acceptors (Lipinski definition) is 2. The van der Waals surface area contributed by atoms with E-state index in [1.807, 2.05) is 25.2 Å². The van der Waals surface area contributed by atoms with Crippen LogP contribution in [0.1, 0.15) is 16.8 Å². The van der Waals surface area contributed by atoms with Crippen molar-refractivity contribution in [3.8, 4) is 5.75 Å². The van der Waals surface area contributed by atoms with Crippen LogP contribution in [0, 0.1) is 0 Å². The Labute approximate surface area is 118 Å². The third-order valence-corrected chi connectivity index (χ3v) is 3.57. The summed E-state index contributed by atoms with van der Waals surface area (Å²) in [6.07, 6.45) is 0.862. The summed E-state index contributed by atoms with van der Waals surface area (Å²) in [6.45, 7) is 0.822. The lowest BCUT2D eigenvalue weighted by Crippen LogP contribution is -2.07. The van der Waals surface area contributed by atoms with Crippen LogP contribution in [-0.4, -0.2) is 17.1 Å². The first kappa shape index (κ1) is 12.8. The lowest BCUT2D eigenvalue weighted by atomic mass is 10.0. The average Bonchev–Trinajstić information content (AvgIpc) is 2.80. The Balaban J connectivity index is 2.04. The quantitative estimate of drug-likeness (QED) is 0.679. The van der Waals surface area contributed by atoms with Crippen LogP contribution in [0.25, 0.3) is 10.9 Å². The van der Waals surface area contributed by atoms with Crippen molar-refractivity contribution in [3.05, 3.63) is 65.4 Å². The molecule has 3 nitrogen and oxygen atoms in total. The molecule has 0 fully saturated rings. The van der Waals surface area contributed by atoms with Gasteiger partial charge in [0, 0.05) is 23.1 Å². The van der Waals surface area contributed by atoms with Crippen LogP contribution in [-0.2, 0) is 13.0 Å². The lowest BCUT2D eigenvalue weighted by Gasteiger charge is -2.05. The molecule has 0 saturated heterocycles. The van der Waals surface area contributed by atoms with Gasteiger partial charge in [-0.1, -0.05) is 30.3 Å². The fourth-order valence-corrected chi connectivity index (χ4v) is 2.60. The molecule has 1 heterocycles. The summed E-state index contributed by atoms with van der Waals surface area (Å²) in [5.74, 6) is 0.308. The molecule has 1 aromatic heterocycles. The molecule has 0 bridgehead atoms. The molecule has 0 aliphatic carbocycles. The number of benzene rings is 2. The first-order valence-electron chi connectivity index (χ1n) is 6.79. The number of phenolic OH excluding ortho intramolecular Hbond substituents is 1. The second-order valence-electron chi connectivity index (χ2n) is 5.00. The van der Waals surface area contributed by atoms with Gasteiger partial charge in [0.25, 0.3) is 0 Å². The maximum Gasteiger partial charge on any atom is 0.115 e. The first-order valence-corrected chi connectivity index (χ1v) is 6.79. The highest BCUT2D eigenvalue weighted by Crippen LogP contribution is 2.25. The highest BCUT2D eigenvalue weighted by atomic mass is 16.3. The van der Waals surface area contributed by atoms with E-state index in [1.54, 1.807) is 12.1 Å². The maximum absolute atomic E-state index is 9.38. The zero-order chi connectivity index (χ0) is 13.9. The van der Waals surface area contributed by atoms with Gasteiger partial charge in [0.05, 0.1) is 0 Å². The molecule has 0 saturated carbocycles. The lowest BCUT2D eigenvalue weighted by molar-refractivity contribution is 0.475. The van der Waals surface area contributed by atoms with Crippen LogP contribution in [0.3, 0.4) is 0 Å². The van der Waals surface area contributed by atoms with Gasteiger partial charge >= 0.3 is 0 Å². The molecule has 102 valence electrons. The van der Waals surface area contributed by atoms with Gasteiger partial charge in [0.2, 0.25) is 0 Å². The number of aromatic hydroxyl groups is 1. The normalized spacial score (nSPS) is 11.1. The summed E-state index contributed by atoms with van der Waals surface area (Å²) < 4.78 is 0. The van der Waals surface area contributed by atoms with Crippen LogP contribution < -0.4 is 5.32 Å². The van der Waals surface area contributed by atoms with E-state index >= 15 is 0 Å². The van der Waals surface area contributed by atoms with Crippen LogP contribution in [0.5, 0.6) is 5.75 Å². The van der Waals surface area contributed by atoms with Crippen molar-refractivity contribution in [1.82, 2.24) is 10.3 Å². The Morgan fingerprint density at radius 1 is 1.05 bits per heavy atom. The molecule has 3 rings (SSSR count). The van der Waals surface area contributed by atoms with E-state index in [-0.39, 0.29) is 0 Å². The summed E-state index contributed by atoms with van der Waals surface area (Å²) >= 11 is 0. The van der Waals surface area contributed by atoms with E-state index in [1.165, 1.54) is 27.7 Å². The summed E-state index contributed by atoms with van der Waals surface area (Å²) in [4.78, 5) is 3.48. The predicted molar refractivity (Wildman–Crippen MR) is 82.0 cm³/mol. The minimum atomic E-state index is 0.308. The number of rotatable bonds is 4. The summed E-state index contributed by atoms with van der Waals surface area (Å²) in [5.41, 5.74) is 4.92. The van der Waals surface area contributed by atoms with E-state index in [2.05, 4.69) is 28.5 Å². The molecule has 0 atom stereocenters. The Morgan fingerprint density at radius 3 is 2.55 bits per heavy atom. The minimum Gasteiger partial charge on any atom is -0.508 e. The van der Waals surface area contributed by atoms with Gasteiger partial charge in [0.1, 0.15) is 5.75 Å². The van der Waals surface area contributed by atoms with Crippen molar-refractivity contribution in [2.75, 3.05) is 7.05 Å². The molecule has 0 spiro atoms. The second-order valence-corrected chi connectivity index (χ2v) is 5.00. The Morgan fingerprint density at radius 2 is 1.80 bits per heavy atom. The monoisotopic (exact) mass is 266 g/mol. The second kappa shape index (κ2) is 5.39. The Hall–Kier alpha value is -2.26. The van der Waals surface area contributed by atoms with Crippen LogP contribution >= 0.6 is 0 Å². The summed E-state index contributed by atoms with van der Waals surface area (Å²) in [5, 5.41) is 13.9. The Kier molecular flexibility index (Phi) is 3.44. The largest absolute Gasteiger partial charge is 0.508 e. The van der Waals surface area contributed by atoms with E-state index in [9.17, 15) is 5.11 Å². The van der Waals surface area contributed by atoms with Crippen molar-refractivity contribution in [3.63, 3.8) is 0 Å². The first-order chi connectivity index (χ1) is 9.78. The number of H-pyrrole nitrogens is 1. The summed E-state index contributed by atoms with van der Waals surface area (Å²) in [7, 11) is 1.95. The number of aromatic amines is 1. The zero-order valence-corrected chi connectivity index (χ0v) is 11.5. The van der Waals surface area contributed by atoms with Crippen molar-refractivity contribution in [2.24, 2.45) is 0 Å². The molecule has 0 aliphatic rings. The van der Waals surface area contributed by atoms with Gasteiger partial charge in [-0.2, -0.15) is 0 Å². The SMILES string of the molecule is CNCc1[nH]c2ccccc2c1Cc1ccc(O)cc1. The maximum atomic E-state index is 9.38. The number of para-hydroxylation sites is 1. The predicted octanol–water partition coefficient (Wildman–Crippen LogP) is 3.18. The third-order valence-electron chi connectivity index (χ3n) is 3.57. The molecule has 20 heavy (non-hydrogen) atoms. The van der Waals surface area contributed by atoms with Gasteiger partial charge in [-0.05, 0) is 42.8 Å². The van der Waals surface area contributed by atoms with E-state index in [4.69, 9.17) is 0 Å². The summed E-state index contributed by atoms with van der Waals surface area (Å²) in [6, 6.07) is 15.8. The molecule has 3 N–H and O–H groups in total. The number of aromatic nitrogens is 1. The molecule has 0 aliphatic heterocycles. The van der Waals surface area contributed by atoms with Crippen LogP contribution in [0.2, 0.25) is 0 Å². The van der Waals surface area contributed by atoms with Crippen molar-refractivity contribution in [1.29, 1.82) is 0 Å². The van der Waals surface area contributed by atoms with Gasteiger partial charge in [0.15, 0.2) is 0 Å². The van der Waals surface area contributed by atoms with Crippen LogP contribution in [0.4, 0.5) is 0 Å². The minimum absolute atomic E-state index is 0.308. The highest BCUT2D eigenvalue weighted by Gasteiger charge is 2.11. The van der Waals surface area contributed by atoms with E-state index < -0.39 is 0 Å². The fourth-order valence-electron chi connectivity index (χ4n) is 2.60. The highest BCUT2D eigenvalue weighted by molar-refractivity contribution is 5.85. The molecule has 0 amide bonds. The number of hydrogen-bond donors (Lipinski definition) is 3. The van der Waals surface area contributed by atoms with Gasteiger partial charge in [-0.25, -0.2) is 0 Å².